The van der Waals surface area contributed by atoms with Crippen molar-refractivity contribution in [3.8, 4) is 0 Å². The number of hydrogen-bond donors (Lipinski definition) is 1. The first-order chi connectivity index (χ1) is 5.29. The van der Waals surface area contributed by atoms with E-state index in [1.807, 2.05) is 12.1 Å². The summed E-state index contributed by atoms with van der Waals surface area (Å²) < 4.78 is 0. The van der Waals surface area contributed by atoms with Crippen molar-refractivity contribution in [3.63, 3.8) is 0 Å². The van der Waals surface area contributed by atoms with Crippen LogP contribution in [0.3, 0.4) is 0 Å². The number of nitrogens with two attached hydrogens (primary N) is 1. The van der Waals surface area contributed by atoms with Crippen LogP contribution in [0.1, 0.15) is 12.0 Å². The number of aromatic nitrogens is 1. The van der Waals surface area contributed by atoms with Crippen LogP contribution in [-0.4, -0.2) is 10.9 Å². The molecule has 0 aromatic carbocycles. The van der Waals surface area contributed by atoms with Gasteiger partial charge >= 0.3 is 0 Å². The highest BCUT2D eigenvalue weighted by molar-refractivity contribution is 5.75. The van der Waals surface area contributed by atoms with E-state index in [1.54, 1.807) is 18.8 Å². The first-order valence-electron chi connectivity index (χ1n) is 3.30. The SMILES string of the molecule is NC(=O)C[CH]c1cccnc1. The Morgan fingerprint density at radius 3 is 3.09 bits per heavy atom. The summed E-state index contributed by atoms with van der Waals surface area (Å²) in [4.78, 5) is 14.2. The Morgan fingerprint density at radius 2 is 2.55 bits per heavy atom. The smallest absolute Gasteiger partial charge is 0.218 e. The molecule has 0 saturated carbocycles. The molecule has 0 atom stereocenters. The van der Waals surface area contributed by atoms with E-state index in [0.717, 1.165) is 5.56 Å². The lowest BCUT2D eigenvalue weighted by Crippen LogP contribution is -2.10. The third-order valence-electron chi connectivity index (χ3n) is 1.22. The predicted octanol–water partition coefficient (Wildman–Crippen LogP) is 0.509. The number of rotatable bonds is 3. The number of pyridine rings is 1. The van der Waals surface area contributed by atoms with Gasteiger partial charge in [-0.3, -0.25) is 9.78 Å². The van der Waals surface area contributed by atoms with E-state index >= 15 is 0 Å². The topological polar surface area (TPSA) is 56.0 Å². The van der Waals surface area contributed by atoms with E-state index < -0.39 is 0 Å². The molecule has 0 aliphatic heterocycles. The number of amides is 1. The predicted molar refractivity (Wildman–Crippen MR) is 41.5 cm³/mol. The fourth-order valence-electron chi connectivity index (χ4n) is 0.715. The molecule has 1 heterocycles. The van der Waals surface area contributed by atoms with Gasteiger partial charge in [-0.1, -0.05) is 6.07 Å². The highest BCUT2D eigenvalue weighted by Gasteiger charge is 1.95. The van der Waals surface area contributed by atoms with Crippen LogP contribution < -0.4 is 5.73 Å². The summed E-state index contributed by atoms with van der Waals surface area (Å²) in [5, 5.41) is 0. The van der Waals surface area contributed by atoms with Crippen LogP contribution >= 0.6 is 0 Å². The fraction of sp³-hybridized carbons (Fsp3) is 0.125. The molecule has 0 saturated heterocycles. The number of primary amides is 1. The molecule has 0 spiro atoms. The summed E-state index contributed by atoms with van der Waals surface area (Å²) in [6.45, 7) is 0. The van der Waals surface area contributed by atoms with Crippen LogP contribution in [0.5, 0.6) is 0 Å². The molecule has 1 aromatic rings. The molecule has 0 fully saturated rings. The molecule has 11 heavy (non-hydrogen) atoms. The van der Waals surface area contributed by atoms with Gasteiger partial charge in [-0.05, 0) is 11.6 Å². The van der Waals surface area contributed by atoms with Gasteiger partial charge < -0.3 is 5.73 Å². The van der Waals surface area contributed by atoms with Crippen LogP contribution in [0.2, 0.25) is 0 Å². The molecule has 2 N–H and O–H groups in total. The molecule has 0 unspecified atom stereocenters. The highest BCUT2D eigenvalue weighted by Crippen LogP contribution is 2.01. The lowest BCUT2D eigenvalue weighted by molar-refractivity contribution is -0.117. The summed E-state index contributed by atoms with van der Waals surface area (Å²) in [7, 11) is 0. The van der Waals surface area contributed by atoms with Gasteiger partial charge in [0, 0.05) is 25.2 Å². The largest absolute Gasteiger partial charge is 0.370 e. The average molecular weight is 149 g/mol. The molecule has 3 heteroatoms. The minimum atomic E-state index is -0.325. The van der Waals surface area contributed by atoms with E-state index in [4.69, 9.17) is 5.73 Å². The minimum absolute atomic E-state index is 0.270. The number of nitrogens with zero attached hydrogens (tertiary/aromatic N) is 1. The van der Waals surface area contributed by atoms with Crippen molar-refractivity contribution in [2.24, 2.45) is 5.73 Å². The molecule has 1 aromatic heterocycles. The summed E-state index contributed by atoms with van der Waals surface area (Å²) >= 11 is 0. The van der Waals surface area contributed by atoms with Crippen LogP contribution in [-0.2, 0) is 4.79 Å². The van der Waals surface area contributed by atoms with Gasteiger partial charge in [0.05, 0.1) is 0 Å². The van der Waals surface area contributed by atoms with Gasteiger partial charge in [0.25, 0.3) is 0 Å². The van der Waals surface area contributed by atoms with E-state index in [9.17, 15) is 4.79 Å². The zero-order chi connectivity index (χ0) is 8.10. The van der Waals surface area contributed by atoms with Crippen LogP contribution in [0, 0.1) is 6.42 Å². The summed E-state index contributed by atoms with van der Waals surface area (Å²) in [6.07, 6.45) is 5.38. The zero-order valence-corrected chi connectivity index (χ0v) is 6.03. The van der Waals surface area contributed by atoms with Crippen LogP contribution in [0.15, 0.2) is 24.5 Å². The second-order valence-corrected chi connectivity index (χ2v) is 2.16. The maximum absolute atomic E-state index is 10.3. The van der Waals surface area contributed by atoms with Crippen molar-refractivity contribution in [2.45, 2.75) is 6.42 Å². The third-order valence-corrected chi connectivity index (χ3v) is 1.22. The second kappa shape index (κ2) is 3.71. The lowest BCUT2D eigenvalue weighted by atomic mass is 10.1. The Balaban J connectivity index is 2.45. The maximum atomic E-state index is 10.3. The lowest BCUT2D eigenvalue weighted by Gasteiger charge is -1.94. The molecule has 57 valence electrons. The number of carbonyl (C=O) groups excluding carboxylic acids is 1. The first kappa shape index (κ1) is 7.72. The monoisotopic (exact) mass is 149 g/mol. The van der Waals surface area contributed by atoms with E-state index in [0.29, 0.717) is 0 Å². The molecular formula is C8H9N2O. The highest BCUT2D eigenvalue weighted by atomic mass is 16.1. The van der Waals surface area contributed by atoms with E-state index in [2.05, 4.69) is 4.98 Å². The van der Waals surface area contributed by atoms with Gasteiger partial charge in [0.2, 0.25) is 5.91 Å². The van der Waals surface area contributed by atoms with Crippen molar-refractivity contribution in [1.82, 2.24) is 4.98 Å². The fourth-order valence-corrected chi connectivity index (χ4v) is 0.715. The Bertz CT molecular complexity index is 233. The van der Waals surface area contributed by atoms with Crippen molar-refractivity contribution >= 4 is 5.91 Å². The standard InChI is InChI=1S/C8H9N2O/c9-8(11)4-3-7-2-1-5-10-6-7/h1-3,5-6H,4H2,(H2,9,11). The van der Waals surface area contributed by atoms with Gasteiger partial charge in [0.1, 0.15) is 0 Å². The van der Waals surface area contributed by atoms with Gasteiger partial charge in [-0.15, -0.1) is 0 Å². The first-order valence-corrected chi connectivity index (χ1v) is 3.30. The Labute approximate surface area is 65.2 Å². The zero-order valence-electron chi connectivity index (χ0n) is 6.03. The van der Waals surface area contributed by atoms with E-state index in [1.165, 1.54) is 0 Å². The average Bonchev–Trinajstić information content (AvgIpc) is 2.03. The van der Waals surface area contributed by atoms with Crippen molar-refractivity contribution in [1.29, 1.82) is 0 Å². The molecule has 0 aliphatic rings. The molecule has 0 bridgehead atoms. The van der Waals surface area contributed by atoms with Gasteiger partial charge in [0.15, 0.2) is 0 Å². The van der Waals surface area contributed by atoms with Crippen molar-refractivity contribution in [2.75, 3.05) is 0 Å². The molecule has 1 radical (unpaired) electrons. The Kier molecular flexibility index (Phi) is 2.60. The quantitative estimate of drug-likeness (QED) is 0.680. The number of carbonyl (C=O) groups is 1. The molecule has 0 aliphatic carbocycles. The van der Waals surface area contributed by atoms with E-state index in [-0.39, 0.29) is 12.3 Å². The van der Waals surface area contributed by atoms with Crippen LogP contribution in [0.25, 0.3) is 0 Å². The normalized spacial score (nSPS) is 9.45. The summed E-state index contributed by atoms with van der Waals surface area (Å²) in [6, 6.07) is 3.68. The molecule has 1 rings (SSSR count). The second-order valence-electron chi connectivity index (χ2n) is 2.16. The van der Waals surface area contributed by atoms with Gasteiger partial charge in [-0.2, -0.15) is 0 Å². The van der Waals surface area contributed by atoms with Crippen LogP contribution in [0.4, 0.5) is 0 Å². The molecular weight excluding hydrogens is 140 g/mol. The van der Waals surface area contributed by atoms with Gasteiger partial charge in [-0.25, -0.2) is 0 Å². The number of hydrogen-bond acceptors (Lipinski definition) is 2. The Hall–Kier alpha value is -1.38. The molecule has 3 nitrogen and oxygen atoms in total. The maximum Gasteiger partial charge on any atom is 0.218 e. The molecule has 1 amide bonds. The van der Waals surface area contributed by atoms with Crippen molar-refractivity contribution < 1.29 is 4.79 Å². The van der Waals surface area contributed by atoms with Crippen molar-refractivity contribution in [3.05, 3.63) is 36.5 Å². The summed E-state index contributed by atoms with van der Waals surface area (Å²) in [5.41, 5.74) is 5.87. The third kappa shape index (κ3) is 2.80. The minimum Gasteiger partial charge on any atom is -0.370 e. The Morgan fingerprint density at radius 1 is 1.73 bits per heavy atom. The summed E-state index contributed by atoms with van der Waals surface area (Å²) in [5.74, 6) is -0.325.